The maximum absolute atomic E-state index is 12.2. The van der Waals surface area contributed by atoms with Crippen LogP contribution >= 0.6 is 0 Å². The number of aromatic hydroxyl groups is 1. The molecule has 0 atom stereocenters. The second-order valence-corrected chi connectivity index (χ2v) is 5.09. The van der Waals surface area contributed by atoms with Crippen LogP contribution in [0.4, 0.5) is 0 Å². The van der Waals surface area contributed by atoms with Crippen molar-refractivity contribution >= 4 is 5.78 Å². The Kier molecular flexibility index (Phi) is 7.05. The van der Waals surface area contributed by atoms with Crippen LogP contribution in [0.1, 0.15) is 74.9 Å². The number of hydrogen-bond donors (Lipinski definition) is 1. The number of Topliss-reactive ketones (excluding diaryl/α,β-unsaturated/α-hetero) is 1. The molecule has 0 radical (unpaired) electrons. The van der Waals surface area contributed by atoms with Crippen LogP contribution in [0.3, 0.4) is 0 Å². The summed E-state index contributed by atoms with van der Waals surface area (Å²) in [5, 5.41) is 9.87. The van der Waals surface area contributed by atoms with E-state index in [1.807, 2.05) is 0 Å². The molecule has 112 valence electrons. The van der Waals surface area contributed by atoms with Gasteiger partial charge in [-0.1, -0.05) is 39.5 Å². The minimum atomic E-state index is -0.598. The molecule has 1 rings (SSSR count). The lowest BCUT2D eigenvalue weighted by Gasteiger charge is -2.08. The number of unbranched alkanes of at least 4 members (excludes halogenated alkanes) is 4. The molecular weight excluding hydrogens is 256 g/mol. The van der Waals surface area contributed by atoms with E-state index in [0.29, 0.717) is 18.6 Å². The normalized spacial score (nSPS) is 10.7. The molecule has 0 saturated carbocycles. The summed E-state index contributed by atoms with van der Waals surface area (Å²) in [7, 11) is 0. The third-order valence-electron chi connectivity index (χ3n) is 3.31. The van der Waals surface area contributed by atoms with Gasteiger partial charge in [-0.05, 0) is 12.8 Å². The van der Waals surface area contributed by atoms with Crippen molar-refractivity contribution in [1.82, 2.24) is 0 Å². The van der Waals surface area contributed by atoms with Gasteiger partial charge in [-0.15, -0.1) is 0 Å². The zero-order valence-corrected chi connectivity index (χ0v) is 12.4. The molecule has 0 bridgehead atoms. The summed E-state index contributed by atoms with van der Waals surface area (Å²) in [4.78, 5) is 23.5. The number of carbonyl (C=O) groups excluding carboxylic acids is 1. The van der Waals surface area contributed by atoms with Crippen molar-refractivity contribution in [3.05, 3.63) is 27.8 Å². The van der Waals surface area contributed by atoms with Crippen LogP contribution < -0.4 is 5.63 Å². The molecule has 0 fully saturated rings. The molecule has 0 aromatic carbocycles. The van der Waals surface area contributed by atoms with Crippen LogP contribution in [0.2, 0.25) is 0 Å². The smallest absolute Gasteiger partial charge is 0.339 e. The fourth-order valence-corrected chi connectivity index (χ4v) is 2.20. The summed E-state index contributed by atoms with van der Waals surface area (Å²) >= 11 is 0. The summed E-state index contributed by atoms with van der Waals surface area (Å²) < 4.78 is 5.13. The summed E-state index contributed by atoms with van der Waals surface area (Å²) in [6, 6.07) is 0.983. The van der Waals surface area contributed by atoms with E-state index in [9.17, 15) is 14.7 Å². The van der Waals surface area contributed by atoms with Gasteiger partial charge >= 0.3 is 5.63 Å². The van der Waals surface area contributed by atoms with Crippen LogP contribution in [0.15, 0.2) is 15.3 Å². The lowest BCUT2D eigenvalue weighted by Crippen LogP contribution is -2.10. The predicted octanol–water partition coefficient (Wildman–Crippen LogP) is 3.84. The topological polar surface area (TPSA) is 67.5 Å². The fourth-order valence-electron chi connectivity index (χ4n) is 2.20. The third kappa shape index (κ3) is 4.83. The lowest BCUT2D eigenvalue weighted by molar-refractivity contribution is 0.0972. The van der Waals surface area contributed by atoms with Crippen LogP contribution in [-0.2, 0) is 6.42 Å². The predicted molar refractivity (Wildman–Crippen MR) is 78.3 cm³/mol. The largest absolute Gasteiger partial charge is 0.507 e. The first kappa shape index (κ1) is 16.5. The number of ketones is 1. The van der Waals surface area contributed by atoms with E-state index in [0.717, 1.165) is 44.6 Å². The Bertz CT molecular complexity index is 488. The number of hydrogen-bond acceptors (Lipinski definition) is 4. The summed E-state index contributed by atoms with van der Waals surface area (Å²) in [5.41, 5.74) is -0.393. The summed E-state index contributed by atoms with van der Waals surface area (Å²) in [6.45, 7) is 4.15. The fraction of sp³-hybridized carbons (Fsp3) is 0.625. The van der Waals surface area contributed by atoms with Crippen molar-refractivity contribution in [3.63, 3.8) is 0 Å². The highest BCUT2D eigenvalue weighted by molar-refractivity contribution is 5.99. The first-order chi connectivity index (χ1) is 9.60. The molecule has 1 aromatic rings. The average Bonchev–Trinajstić information content (AvgIpc) is 2.38. The van der Waals surface area contributed by atoms with Crippen molar-refractivity contribution in [1.29, 1.82) is 0 Å². The first-order valence-corrected chi connectivity index (χ1v) is 7.49. The van der Waals surface area contributed by atoms with Gasteiger partial charge in [-0.3, -0.25) is 4.79 Å². The van der Waals surface area contributed by atoms with E-state index in [2.05, 4.69) is 13.8 Å². The summed E-state index contributed by atoms with van der Waals surface area (Å²) in [5.74, 6) is -0.0367. The molecule has 0 aliphatic carbocycles. The standard InChI is InChI=1S/C16H24O4/c1-3-5-7-9-12(17)16-13(18)11-15(19)20-14(16)10-8-6-4-2/h11,18H,3-10H2,1-2H3. The SMILES string of the molecule is CCCCCC(=O)c1c(O)cc(=O)oc1CCCCC. The second-order valence-electron chi connectivity index (χ2n) is 5.09. The Morgan fingerprint density at radius 3 is 2.45 bits per heavy atom. The van der Waals surface area contributed by atoms with Crippen molar-refractivity contribution < 1.29 is 14.3 Å². The molecule has 1 heterocycles. The average molecular weight is 280 g/mol. The lowest BCUT2D eigenvalue weighted by atomic mass is 10.0. The Balaban J connectivity index is 2.90. The Morgan fingerprint density at radius 1 is 1.15 bits per heavy atom. The molecule has 0 unspecified atom stereocenters. The van der Waals surface area contributed by atoms with Gasteiger partial charge < -0.3 is 9.52 Å². The third-order valence-corrected chi connectivity index (χ3v) is 3.31. The van der Waals surface area contributed by atoms with E-state index in [1.165, 1.54) is 0 Å². The monoisotopic (exact) mass is 280 g/mol. The van der Waals surface area contributed by atoms with E-state index >= 15 is 0 Å². The molecule has 1 aromatic heterocycles. The van der Waals surface area contributed by atoms with Gasteiger partial charge in [-0.2, -0.15) is 0 Å². The highest BCUT2D eigenvalue weighted by Crippen LogP contribution is 2.23. The van der Waals surface area contributed by atoms with Gasteiger partial charge in [0.15, 0.2) is 5.78 Å². The maximum atomic E-state index is 12.2. The van der Waals surface area contributed by atoms with Gasteiger partial charge in [0.2, 0.25) is 0 Å². The first-order valence-electron chi connectivity index (χ1n) is 7.49. The van der Waals surface area contributed by atoms with Crippen LogP contribution in [0.25, 0.3) is 0 Å². The molecule has 0 spiro atoms. The zero-order chi connectivity index (χ0) is 15.0. The van der Waals surface area contributed by atoms with Gasteiger partial charge in [0.1, 0.15) is 11.5 Å². The maximum Gasteiger partial charge on any atom is 0.339 e. The molecular formula is C16H24O4. The molecule has 0 aliphatic heterocycles. The number of aryl methyl sites for hydroxylation is 1. The molecule has 0 aliphatic rings. The Labute approximate surface area is 119 Å². The minimum Gasteiger partial charge on any atom is -0.507 e. The number of carbonyl (C=O) groups is 1. The number of rotatable bonds is 9. The Morgan fingerprint density at radius 2 is 1.80 bits per heavy atom. The van der Waals surface area contributed by atoms with E-state index in [1.54, 1.807) is 0 Å². The second kappa shape index (κ2) is 8.56. The van der Waals surface area contributed by atoms with Crippen molar-refractivity contribution in [3.8, 4) is 5.75 Å². The van der Waals surface area contributed by atoms with Gasteiger partial charge in [0, 0.05) is 12.8 Å². The minimum absolute atomic E-state index is 0.133. The molecule has 4 nitrogen and oxygen atoms in total. The molecule has 4 heteroatoms. The van der Waals surface area contributed by atoms with Crippen molar-refractivity contribution in [2.45, 2.75) is 65.2 Å². The Hall–Kier alpha value is -1.58. The quantitative estimate of drug-likeness (QED) is 0.551. The van der Waals surface area contributed by atoms with Crippen molar-refractivity contribution in [2.75, 3.05) is 0 Å². The molecule has 0 saturated heterocycles. The van der Waals surface area contributed by atoms with Crippen molar-refractivity contribution in [2.24, 2.45) is 0 Å². The zero-order valence-electron chi connectivity index (χ0n) is 12.4. The van der Waals surface area contributed by atoms with Crippen LogP contribution in [0.5, 0.6) is 5.75 Å². The van der Waals surface area contributed by atoms with Gasteiger partial charge in [-0.25, -0.2) is 4.79 Å². The highest BCUT2D eigenvalue weighted by atomic mass is 16.4. The van der Waals surface area contributed by atoms with E-state index in [-0.39, 0.29) is 17.1 Å². The van der Waals surface area contributed by atoms with Crippen LogP contribution in [0, 0.1) is 0 Å². The van der Waals surface area contributed by atoms with E-state index < -0.39 is 5.63 Å². The summed E-state index contributed by atoms with van der Waals surface area (Å²) in [6.07, 6.45) is 6.61. The van der Waals surface area contributed by atoms with E-state index in [4.69, 9.17) is 4.42 Å². The van der Waals surface area contributed by atoms with Gasteiger partial charge in [0.05, 0.1) is 11.6 Å². The van der Waals surface area contributed by atoms with Gasteiger partial charge in [0.25, 0.3) is 0 Å². The van der Waals surface area contributed by atoms with Crippen LogP contribution in [-0.4, -0.2) is 10.9 Å². The molecule has 1 N–H and O–H groups in total. The molecule has 20 heavy (non-hydrogen) atoms. The molecule has 0 amide bonds. The highest BCUT2D eigenvalue weighted by Gasteiger charge is 2.19.